The second-order valence-electron chi connectivity index (χ2n) is 3.87. The van der Waals surface area contributed by atoms with Crippen molar-refractivity contribution >= 4 is 0 Å². The van der Waals surface area contributed by atoms with Crippen molar-refractivity contribution in [2.24, 2.45) is 0 Å². The van der Waals surface area contributed by atoms with E-state index in [2.05, 4.69) is 52.8 Å². The van der Waals surface area contributed by atoms with Crippen LogP contribution < -0.4 is 0 Å². The van der Waals surface area contributed by atoms with Crippen LogP contribution in [0, 0.1) is 20.8 Å². The first kappa shape index (κ1) is 13.2. The Bertz CT molecular complexity index is 226. The number of benzene rings is 1. The van der Waals surface area contributed by atoms with Crippen molar-refractivity contribution < 1.29 is 0 Å². The van der Waals surface area contributed by atoms with Crippen molar-refractivity contribution in [2.45, 2.75) is 53.9 Å². The lowest BCUT2D eigenvalue weighted by molar-refractivity contribution is 0.772. The lowest BCUT2D eigenvalue weighted by Crippen LogP contribution is -1.82. The van der Waals surface area contributed by atoms with Gasteiger partial charge in [0.25, 0.3) is 0 Å². The van der Waals surface area contributed by atoms with Gasteiger partial charge in [-0.05, 0) is 37.5 Å². The molecule has 0 aromatic heterocycles. The van der Waals surface area contributed by atoms with Gasteiger partial charge in [-0.15, -0.1) is 0 Å². The number of rotatable bonds is 2. The molecule has 0 amide bonds. The van der Waals surface area contributed by atoms with Gasteiger partial charge in [-0.25, -0.2) is 0 Å². The van der Waals surface area contributed by atoms with Crippen molar-refractivity contribution in [3.63, 3.8) is 0 Å². The van der Waals surface area contributed by atoms with E-state index in [0.717, 1.165) is 0 Å². The van der Waals surface area contributed by atoms with Crippen LogP contribution in [-0.2, 0) is 0 Å². The van der Waals surface area contributed by atoms with Crippen LogP contribution in [-0.4, -0.2) is 0 Å². The molecule has 0 saturated carbocycles. The molecule has 0 fully saturated rings. The molecule has 0 heterocycles. The third-order valence-electron chi connectivity index (χ3n) is 2.58. The maximum atomic E-state index is 2.21. The molecule has 0 aliphatic rings. The number of hydrogen-bond acceptors (Lipinski definition) is 0. The first-order valence-electron chi connectivity index (χ1n) is 5.66. The van der Waals surface area contributed by atoms with Crippen molar-refractivity contribution in [1.29, 1.82) is 0 Å². The summed E-state index contributed by atoms with van der Waals surface area (Å²) in [5.41, 5.74) is 4.18. The highest BCUT2D eigenvalue weighted by atomic mass is 14.0. The Balaban J connectivity index is 0.000000292. The molecule has 80 valence electrons. The van der Waals surface area contributed by atoms with Crippen LogP contribution in [0.1, 0.15) is 49.8 Å². The lowest BCUT2D eigenvalue weighted by Gasteiger charge is -2.00. The summed E-state index contributed by atoms with van der Waals surface area (Å²) in [5, 5.41) is 0. The van der Waals surface area contributed by atoms with Gasteiger partial charge in [0.1, 0.15) is 0 Å². The van der Waals surface area contributed by atoms with Gasteiger partial charge in [0.05, 0.1) is 0 Å². The molecule has 1 aromatic rings. The van der Waals surface area contributed by atoms with Crippen molar-refractivity contribution in [2.75, 3.05) is 0 Å². The Morgan fingerprint density at radius 1 is 0.857 bits per heavy atom. The van der Waals surface area contributed by atoms with Crippen LogP contribution in [0.4, 0.5) is 0 Å². The van der Waals surface area contributed by atoms with Crippen LogP contribution in [0.3, 0.4) is 0 Å². The van der Waals surface area contributed by atoms with E-state index < -0.39 is 0 Å². The third kappa shape index (κ3) is 5.06. The van der Waals surface area contributed by atoms with Crippen LogP contribution in [0.5, 0.6) is 0 Å². The van der Waals surface area contributed by atoms with Crippen molar-refractivity contribution in [1.82, 2.24) is 0 Å². The molecule has 0 aliphatic heterocycles. The second-order valence-corrected chi connectivity index (χ2v) is 3.87. The maximum Gasteiger partial charge on any atom is -0.0392 e. The fourth-order valence-corrected chi connectivity index (χ4v) is 1.25. The van der Waals surface area contributed by atoms with E-state index in [1.54, 1.807) is 0 Å². The van der Waals surface area contributed by atoms with Crippen LogP contribution in [0.2, 0.25) is 0 Å². The Morgan fingerprint density at radius 3 is 1.50 bits per heavy atom. The molecular weight excluding hydrogens is 168 g/mol. The second kappa shape index (κ2) is 7.61. The van der Waals surface area contributed by atoms with E-state index in [0.29, 0.717) is 0 Å². The van der Waals surface area contributed by atoms with E-state index in [1.807, 2.05) is 0 Å². The van der Waals surface area contributed by atoms with E-state index in [-0.39, 0.29) is 0 Å². The first-order chi connectivity index (χ1) is 6.63. The van der Waals surface area contributed by atoms with E-state index in [4.69, 9.17) is 0 Å². The largest absolute Gasteiger partial charge is 0.0654 e. The number of unbranched alkanes of at least 4 members (excludes halogenated alkanes) is 2. The summed E-state index contributed by atoms with van der Waals surface area (Å²) >= 11 is 0. The Morgan fingerprint density at radius 2 is 1.29 bits per heavy atom. The quantitative estimate of drug-likeness (QED) is 0.631. The minimum Gasteiger partial charge on any atom is -0.0654 e. The molecular formula is C14H24. The predicted octanol–water partition coefficient (Wildman–Crippen LogP) is 4.81. The molecule has 1 rings (SSSR count). The first-order valence-corrected chi connectivity index (χ1v) is 5.66. The van der Waals surface area contributed by atoms with Crippen LogP contribution in [0.25, 0.3) is 0 Å². The number of hydrogen-bond donors (Lipinski definition) is 0. The molecule has 0 heteroatoms. The summed E-state index contributed by atoms with van der Waals surface area (Å²) in [6.45, 7) is 10.9. The lowest BCUT2D eigenvalue weighted by atomic mass is 10.1. The zero-order valence-corrected chi connectivity index (χ0v) is 10.4. The summed E-state index contributed by atoms with van der Waals surface area (Å²) in [7, 11) is 0. The van der Waals surface area contributed by atoms with Gasteiger partial charge in [-0.1, -0.05) is 51.3 Å². The predicted molar refractivity (Wildman–Crippen MR) is 65.9 cm³/mol. The molecule has 0 nitrogen and oxygen atoms in total. The summed E-state index contributed by atoms with van der Waals surface area (Å²) in [6, 6.07) is 6.38. The topological polar surface area (TPSA) is 0 Å². The van der Waals surface area contributed by atoms with Crippen LogP contribution in [0.15, 0.2) is 18.2 Å². The van der Waals surface area contributed by atoms with E-state index >= 15 is 0 Å². The van der Waals surface area contributed by atoms with Crippen molar-refractivity contribution in [3.8, 4) is 0 Å². The van der Waals surface area contributed by atoms with Crippen molar-refractivity contribution in [3.05, 3.63) is 34.9 Å². The summed E-state index contributed by atoms with van der Waals surface area (Å²) in [6.07, 6.45) is 4.08. The minimum absolute atomic E-state index is 1.34. The summed E-state index contributed by atoms with van der Waals surface area (Å²) in [4.78, 5) is 0. The summed E-state index contributed by atoms with van der Waals surface area (Å²) < 4.78 is 0. The fourth-order valence-electron chi connectivity index (χ4n) is 1.25. The highest BCUT2D eigenvalue weighted by Gasteiger charge is 1.91. The molecule has 0 N–H and O–H groups in total. The number of aryl methyl sites for hydroxylation is 2. The summed E-state index contributed by atoms with van der Waals surface area (Å²) in [5.74, 6) is 0. The smallest absolute Gasteiger partial charge is 0.0392 e. The fraction of sp³-hybridized carbons (Fsp3) is 0.571. The van der Waals surface area contributed by atoms with Gasteiger partial charge < -0.3 is 0 Å². The SMILES string of the molecule is CCCCC.Cc1cccc(C)c1C. The zero-order valence-electron chi connectivity index (χ0n) is 10.4. The van der Waals surface area contributed by atoms with Gasteiger partial charge in [0.2, 0.25) is 0 Å². The minimum atomic E-state index is 1.34. The average molecular weight is 192 g/mol. The average Bonchev–Trinajstić information content (AvgIpc) is 2.16. The molecule has 14 heavy (non-hydrogen) atoms. The van der Waals surface area contributed by atoms with Gasteiger partial charge >= 0.3 is 0 Å². The maximum absolute atomic E-state index is 2.21. The van der Waals surface area contributed by atoms with E-state index in [9.17, 15) is 0 Å². The molecule has 0 atom stereocenters. The molecule has 1 aromatic carbocycles. The Hall–Kier alpha value is -0.780. The molecule has 0 bridgehead atoms. The monoisotopic (exact) mass is 192 g/mol. The molecule has 0 radical (unpaired) electrons. The van der Waals surface area contributed by atoms with Crippen LogP contribution >= 0.6 is 0 Å². The highest BCUT2D eigenvalue weighted by Crippen LogP contribution is 2.09. The molecule has 0 unspecified atom stereocenters. The van der Waals surface area contributed by atoms with Gasteiger partial charge in [0, 0.05) is 0 Å². The third-order valence-corrected chi connectivity index (χ3v) is 2.58. The highest BCUT2D eigenvalue weighted by molar-refractivity contribution is 5.31. The molecule has 0 aliphatic carbocycles. The van der Waals surface area contributed by atoms with E-state index in [1.165, 1.54) is 36.0 Å². The standard InChI is InChI=1S/C9H12.C5H12/c1-7-5-4-6-8(2)9(7)3;1-3-5-4-2/h4-6H,1-3H3;3-5H2,1-2H3. The Labute approximate surface area is 89.4 Å². The van der Waals surface area contributed by atoms with Gasteiger partial charge in [-0.2, -0.15) is 0 Å². The zero-order chi connectivity index (χ0) is 11.0. The van der Waals surface area contributed by atoms with Gasteiger partial charge in [0.15, 0.2) is 0 Å². The normalized spacial score (nSPS) is 9.21. The van der Waals surface area contributed by atoms with Gasteiger partial charge in [-0.3, -0.25) is 0 Å². The Kier molecular flexibility index (Phi) is 7.18. The molecule has 0 spiro atoms. The molecule has 0 saturated heterocycles.